The highest BCUT2D eigenvalue weighted by molar-refractivity contribution is 5.19. The van der Waals surface area contributed by atoms with Crippen molar-refractivity contribution in [3.05, 3.63) is 23.2 Å². The van der Waals surface area contributed by atoms with Crippen LogP contribution in [0.15, 0.2) is 10.5 Å². The lowest BCUT2D eigenvalue weighted by Gasteiger charge is -2.21. The Balaban J connectivity index is 1.71. The molecule has 0 bridgehead atoms. The first-order valence-electron chi connectivity index (χ1n) is 7.74. The van der Waals surface area contributed by atoms with Crippen molar-refractivity contribution in [3.8, 4) is 0 Å². The van der Waals surface area contributed by atoms with Crippen molar-refractivity contribution in [3.63, 3.8) is 0 Å². The van der Waals surface area contributed by atoms with Crippen molar-refractivity contribution < 1.29 is 13.9 Å². The Morgan fingerprint density at radius 1 is 1.35 bits per heavy atom. The maximum atomic E-state index is 5.84. The Bertz CT molecular complexity index is 383. The standard InChI is InChI=1S/C16H27NO3/c1-3-6-17-10-16-13(2)9-15(20-16)12-19-11-14-4-7-18-8-5-14/h9,14,17H,3-8,10-12H2,1-2H3. The molecule has 0 unspecified atom stereocenters. The summed E-state index contributed by atoms with van der Waals surface area (Å²) in [6.07, 6.45) is 3.37. The van der Waals surface area contributed by atoms with Gasteiger partial charge >= 0.3 is 0 Å². The maximum Gasteiger partial charge on any atom is 0.130 e. The molecule has 1 fully saturated rings. The minimum atomic E-state index is 0.575. The maximum absolute atomic E-state index is 5.84. The third kappa shape index (κ3) is 4.93. The molecule has 4 heteroatoms. The van der Waals surface area contributed by atoms with Gasteiger partial charge in [0.1, 0.15) is 18.1 Å². The average molecular weight is 281 g/mol. The van der Waals surface area contributed by atoms with E-state index in [2.05, 4.69) is 25.2 Å². The fourth-order valence-electron chi connectivity index (χ4n) is 2.45. The number of rotatable bonds is 8. The van der Waals surface area contributed by atoms with E-state index in [0.717, 1.165) is 63.7 Å². The zero-order chi connectivity index (χ0) is 14.2. The van der Waals surface area contributed by atoms with Crippen LogP contribution in [0, 0.1) is 12.8 Å². The van der Waals surface area contributed by atoms with E-state index in [1.165, 1.54) is 5.56 Å². The highest BCUT2D eigenvalue weighted by atomic mass is 16.5. The number of hydrogen-bond acceptors (Lipinski definition) is 4. The highest BCUT2D eigenvalue weighted by Crippen LogP contribution is 2.18. The quantitative estimate of drug-likeness (QED) is 0.744. The zero-order valence-corrected chi connectivity index (χ0v) is 12.7. The van der Waals surface area contributed by atoms with E-state index in [-0.39, 0.29) is 0 Å². The third-order valence-corrected chi connectivity index (χ3v) is 3.72. The van der Waals surface area contributed by atoms with Gasteiger partial charge in [-0.05, 0) is 50.3 Å². The summed E-state index contributed by atoms with van der Waals surface area (Å²) in [6, 6.07) is 2.09. The molecular weight excluding hydrogens is 254 g/mol. The van der Waals surface area contributed by atoms with Crippen LogP contribution >= 0.6 is 0 Å². The Kier molecular flexibility index (Phi) is 6.57. The van der Waals surface area contributed by atoms with Crippen LogP contribution in [0.25, 0.3) is 0 Å². The van der Waals surface area contributed by atoms with E-state index < -0.39 is 0 Å². The molecule has 0 saturated carbocycles. The van der Waals surface area contributed by atoms with Crippen molar-refractivity contribution in [1.82, 2.24) is 5.32 Å². The van der Waals surface area contributed by atoms with Gasteiger partial charge in [-0.15, -0.1) is 0 Å². The van der Waals surface area contributed by atoms with Gasteiger partial charge in [0.15, 0.2) is 0 Å². The molecule has 114 valence electrons. The molecule has 1 N–H and O–H groups in total. The van der Waals surface area contributed by atoms with Gasteiger partial charge in [0.05, 0.1) is 13.2 Å². The van der Waals surface area contributed by atoms with Crippen molar-refractivity contribution >= 4 is 0 Å². The number of hydrogen-bond donors (Lipinski definition) is 1. The molecule has 0 amide bonds. The van der Waals surface area contributed by atoms with E-state index in [9.17, 15) is 0 Å². The Morgan fingerprint density at radius 3 is 2.90 bits per heavy atom. The van der Waals surface area contributed by atoms with Crippen LogP contribution in [0.4, 0.5) is 0 Å². The van der Waals surface area contributed by atoms with E-state index in [0.29, 0.717) is 12.5 Å². The molecule has 2 heterocycles. The minimum Gasteiger partial charge on any atom is -0.462 e. The molecule has 0 atom stereocenters. The first-order chi connectivity index (χ1) is 9.79. The second-order valence-electron chi connectivity index (χ2n) is 5.57. The summed E-state index contributed by atoms with van der Waals surface area (Å²) in [7, 11) is 0. The van der Waals surface area contributed by atoms with Crippen LogP contribution in [-0.2, 0) is 22.6 Å². The van der Waals surface area contributed by atoms with E-state index >= 15 is 0 Å². The molecule has 0 spiro atoms. The van der Waals surface area contributed by atoms with Gasteiger partial charge < -0.3 is 19.2 Å². The molecule has 1 aliphatic heterocycles. The summed E-state index contributed by atoms with van der Waals surface area (Å²) < 4.78 is 17.0. The van der Waals surface area contributed by atoms with Gasteiger partial charge in [0.2, 0.25) is 0 Å². The third-order valence-electron chi connectivity index (χ3n) is 3.72. The van der Waals surface area contributed by atoms with Crippen molar-refractivity contribution in [2.75, 3.05) is 26.4 Å². The van der Waals surface area contributed by atoms with Crippen molar-refractivity contribution in [2.45, 2.75) is 46.3 Å². The predicted molar refractivity (Wildman–Crippen MR) is 78.6 cm³/mol. The molecule has 1 aromatic heterocycles. The number of nitrogens with one attached hydrogen (secondary N) is 1. The van der Waals surface area contributed by atoms with Gasteiger partial charge in [0, 0.05) is 13.2 Å². The lowest BCUT2D eigenvalue weighted by atomic mass is 10.0. The van der Waals surface area contributed by atoms with Crippen LogP contribution in [0.3, 0.4) is 0 Å². The van der Waals surface area contributed by atoms with E-state index in [1.54, 1.807) is 0 Å². The van der Waals surface area contributed by atoms with Gasteiger partial charge in [-0.3, -0.25) is 0 Å². The first-order valence-corrected chi connectivity index (χ1v) is 7.74. The Hall–Kier alpha value is -0.840. The van der Waals surface area contributed by atoms with Gasteiger partial charge in [-0.25, -0.2) is 0 Å². The smallest absolute Gasteiger partial charge is 0.130 e. The highest BCUT2D eigenvalue weighted by Gasteiger charge is 2.14. The molecule has 0 aliphatic carbocycles. The van der Waals surface area contributed by atoms with Crippen LogP contribution in [-0.4, -0.2) is 26.4 Å². The van der Waals surface area contributed by atoms with E-state index in [1.807, 2.05) is 0 Å². The molecule has 20 heavy (non-hydrogen) atoms. The summed E-state index contributed by atoms with van der Waals surface area (Å²) in [4.78, 5) is 0. The predicted octanol–water partition coefficient (Wildman–Crippen LogP) is 3.03. The van der Waals surface area contributed by atoms with Crippen LogP contribution in [0.1, 0.15) is 43.3 Å². The Labute approximate surface area is 121 Å². The second kappa shape index (κ2) is 8.45. The molecular formula is C16H27NO3. The fraction of sp³-hybridized carbons (Fsp3) is 0.750. The molecule has 1 aliphatic rings. The summed E-state index contributed by atoms with van der Waals surface area (Å²) in [5.74, 6) is 2.61. The molecule has 1 aromatic rings. The lowest BCUT2D eigenvalue weighted by Crippen LogP contribution is -2.20. The summed E-state index contributed by atoms with van der Waals surface area (Å²) in [5.41, 5.74) is 1.21. The largest absolute Gasteiger partial charge is 0.462 e. The number of furan rings is 1. The topological polar surface area (TPSA) is 43.6 Å². The summed E-state index contributed by atoms with van der Waals surface area (Å²) in [5, 5.41) is 3.36. The van der Waals surface area contributed by atoms with Crippen LogP contribution < -0.4 is 5.32 Å². The number of aryl methyl sites for hydroxylation is 1. The van der Waals surface area contributed by atoms with Crippen molar-refractivity contribution in [1.29, 1.82) is 0 Å². The van der Waals surface area contributed by atoms with Crippen LogP contribution in [0.2, 0.25) is 0 Å². The molecule has 0 aromatic carbocycles. The lowest BCUT2D eigenvalue weighted by molar-refractivity contribution is 0.0118. The normalized spacial score (nSPS) is 16.7. The molecule has 0 radical (unpaired) electrons. The molecule has 1 saturated heterocycles. The van der Waals surface area contributed by atoms with Crippen LogP contribution in [0.5, 0.6) is 0 Å². The number of ether oxygens (including phenoxy) is 2. The summed E-state index contributed by atoms with van der Waals surface area (Å²) >= 11 is 0. The minimum absolute atomic E-state index is 0.575. The monoisotopic (exact) mass is 281 g/mol. The van der Waals surface area contributed by atoms with E-state index in [4.69, 9.17) is 13.9 Å². The Morgan fingerprint density at radius 2 is 2.15 bits per heavy atom. The first kappa shape index (κ1) is 15.5. The van der Waals surface area contributed by atoms with Gasteiger partial charge in [-0.1, -0.05) is 6.92 Å². The zero-order valence-electron chi connectivity index (χ0n) is 12.7. The molecule has 4 nitrogen and oxygen atoms in total. The summed E-state index contributed by atoms with van der Waals surface area (Å²) in [6.45, 7) is 9.22. The van der Waals surface area contributed by atoms with Crippen molar-refractivity contribution in [2.24, 2.45) is 5.92 Å². The van der Waals surface area contributed by atoms with Gasteiger partial charge in [0.25, 0.3) is 0 Å². The van der Waals surface area contributed by atoms with Gasteiger partial charge in [-0.2, -0.15) is 0 Å². The average Bonchev–Trinajstić information content (AvgIpc) is 2.81. The second-order valence-corrected chi connectivity index (χ2v) is 5.57. The fourth-order valence-corrected chi connectivity index (χ4v) is 2.45. The molecule has 2 rings (SSSR count). The SMILES string of the molecule is CCCNCc1oc(COCC2CCOCC2)cc1C.